The average Bonchev–Trinajstić information content (AvgIpc) is 3.02. The zero-order valence-corrected chi connectivity index (χ0v) is 11.2. The van der Waals surface area contributed by atoms with Crippen molar-refractivity contribution in [2.24, 2.45) is 0 Å². The van der Waals surface area contributed by atoms with Crippen LogP contribution in [0.25, 0.3) is 10.2 Å². The third-order valence-electron chi connectivity index (χ3n) is 3.96. The Morgan fingerprint density at radius 2 is 2.39 bits per heavy atom. The Bertz CT molecular complexity index is 729. The normalized spacial score (nSPS) is 30.3. The fourth-order valence-corrected chi connectivity index (χ4v) is 4.30. The van der Waals surface area contributed by atoms with E-state index >= 15 is 0 Å². The maximum Gasteiger partial charge on any atom is 0.263 e. The van der Waals surface area contributed by atoms with E-state index in [1.165, 1.54) is 11.3 Å². The summed E-state index contributed by atoms with van der Waals surface area (Å²) in [5.41, 5.74) is 0.0242. The lowest BCUT2D eigenvalue weighted by atomic mass is 9.95. The maximum absolute atomic E-state index is 12.5. The van der Waals surface area contributed by atoms with Crippen LogP contribution in [0.2, 0.25) is 0 Å². The lowest BCUT2D eigenvalue weighted by Gasteiger charge is -2.21. The molecule has 3 unspecified atom stereocenters. The van der Waals surface area contributed by atoms with Crippen molar-refractivity contribution in [3.8, 4) is 0 Å². The van der Waals surface area contributed by atoms with Crippen LogP contribution in [0.1, 0.15) is 25.3 Å². The number of aromatic nitrogens is 2. The zero-order chi connectivity index (χ0) is 12.3. The molecule has 2 fully saturated rings. The zero-order valence-electron chi connectivity index (χ0n) is 9.59. The lowest BCUT2D eigenvalue weighted by molar-refractivity contribution is 0.0931. The quantitative estimate of drug-likeness (QED) is 0.817. The molecule has 4 rings (SSSR count). The van der Waals surface area contributed by atoms with Crippen molar-refractivity contribution < 1.29 is 4.74 Å². The number of aromatic amines is 1. The number of hydrogen-bond acceptors (Lipinski definition) is 4. The highest BCUT2D eigenvalue weighted by molar-refractivity contribution is 7.71. The maximum atomic E-state index is 12.5. The summed E-state index contributed by atoms with van der Waals surface area (Å²) in [7, 11) is 0. The molecule has 2 aromatic heterocycles. The Labute approximate surface area is 112 Å². The standard InChI is InChI=1S/C12H12N2O2S2/c15-11-7-3-4-18-10(7)13-12(17)14(11)8-5-6-1-2-9(8)16-6/h3-4,6,8-9H,1-2,5H2,(H,13,17). The van der Waals surface area contributed by atoms with Gasteiger partial charge in [0, 0.05) is 0 Å². The molecule has 2 saturated heterocycles. The van der Waals surface area contributed by atoms with E-state index in [4.69, 9.17) is 17.0 Å². The molecule has 4 heterocycles. The minimum absolute atomic E-state index is 0.0242. The number of ether oxygens (including phenoxy) is 1. The van der Waals surface area contributed by atoms with Gasteiger partial charge in [0.1, 0.15) is 4.83 Å². The first kappa shape index (κ1) is 10.9. The van der Waals surface area contributed by atoms with Crippen LogP contribution >= 0.6 is 23.6 Å². The third kappa shape index (κ3) is 1.39. The van der Waals surface area contributed by atoms with Gasteiger partial charge in [-0.3, -0.25) is 9.36 Å². The summed E-state index contributed by atoms with van der Waals surface area (Å²) in [6.07, 6.45) is 3.56. The summed E-state index contributed by atoms with van der Waals surface area (Å²) in [4.78, 5) is 16.5. The van der Waals surface area contributed by atoms with Crippen LogP contribution in [-0.4, -0.2) is 21.8 Å². The van der Waals surface area contributed by atoms with Gasteiger partial charge in [-0.1, -0.05) is 0 Å². The fraction of sp³-hybridized carbons (Fsp3) is 0.500. The summed E-state index contributed by atoms with van der Waals surface area (Å²) >= 11 is 6.86. The highest BCUT2D eigenvalue weighted by Crippen LogP contribution is 2.41. The predicted molar refractivity (Wildman–Crippen MR) is 72.8 cm³/mol. The number of hydrogen-bond donors (Lipinski definition) is 1. The minimum Gasteiger partial charge on any atom is -0.373 e. The topological polar surface area (TPSA) is 47.0 Å². The molecule has 94 valence electrons. The van der Waals surface area contributed by atoms with Crippen LogP contribution < -0.4 is 5.56 Å². The van der Waals surface area contributed by atoms with Crippen molar-refractivity contribution in [3.63, 3.8) is 0 Å². The molecule has 2 aromatic rings. The van der Waals surface area contributed by atoms with Crippen molar-refractivity contribution in [3.05, 3.63) is 26.6 Å². The average molecular weight is 280 g/mol. The number of fused-ring (bicyclic) bond motifs is 3. The molecule has 0 amide bonds. The Morgan fingerprint density at radius 1 is 1.50 bits per heavy atom. The molecule has 1 N–H and O–H groups in total. The van der Waals surface area contributed by atoms with Crippen LogP contribution in [0.5, 0.6) is 0 Å². The van der Waals surface area contributed by atoms with Crippen molar-refractivity contribution in [1.82, 2.24) is 9.55 Å². The molecular weight excluding hydrogens is 268 g/mol. The van der Waals surface area contributed by atoms with E-state index in [-0.39, 0.29) is 17.7 Å². The van der Waals surface area contributed by atoms with Crippen molar-refractivity contribution in [2.75, 3.05) is 0 Å². The first-order chi connectivity index (χ1) is 8.74. The van der Waals surface area contributed by atoms with E-state index in [0.717, 1.165) is 29.5 Å². The van der Waals surface area contributed by atoms with E-state index in [1.807, 2.05) is 11.4 Å². The van der Waals surface area contributed by atoms with E-state index in [9.17, 15) is 4.79 Å². The Hall–Kier alpha value is -0.980. The molecule has 3 atom stereocenters. The van der Waals surface area contributed by atoms with Gasteiger partial charge in [0.2, 0.25) is 0 Å². The Balaban J connectivity index is 1.95. The number of H-pyrrole nitrogens is 1. The van der Waals surface area contributed by atoms with Gasteiger partial charge in [-0.05, 0) is 42.9 Å². The molecule has 0 spiro atoms. The van der Waals surface area contributed by atoms with Crippen LogP contribution in [0.3, 0.4) is 0 Å². The number of thiophene rings is 1. The van der Waals surface area contributed by atoms with Gasteiger partial charge in [0.25, 0.3) is 5.56 Å². The largest absolute Gasteiger partial charge is 0.373 e. The number of nitrogens with one attached hydrogen (secondary N) is 1. The molecule has 4 nitrogen and oxygen atoms in total. The number of nitrogens with zero attached hydrogens (tertiary/aromatic N) is 1. The van der Waals surface area contributed by atoms with Crippen molar-refractivity contribution in [1.29, 1.82) is 0 Å². The smallest absolute Gasteiger partial charge is 0.263 e. The van der Waals surface area contributed by atoms with Crippen molar-refractivity contribution in [2.45, 2.75) is 37.5 Å². The minimum atomic E-state index is 0.0242. The second-order valence-electron chi connectivity index (χ2n) is 4.95. The van der Waals surface area contributed by atoms with E-state index in [2.05, 4.69) is 4.98 Å². The molecule has 0 aliphatic carbocycles. The molecule has 0 saturated carbocycles. The molecule has 0 aromatic carbocycles. The van der Waals surface area contributed by atoms with E-state index in [1.54, 1.807) is 4.57 Å². The molecule has 2 aliphatic heterocycles. The lowest BCUT2D eigenvalue weighted by Crippen LogP contribution is -2.31. The van der Waals surface area contributed by atoms with E-state index < -0.39 is 0 Å². The Morgan fingerprint density at radius 3 is 3.11 bits per heavy atom. The van der Waals surface area contributed by atoms with Gasteiger partial charge < -0.3 is 9.72 Å². The molecule has 2 aliphatic rings. The Kier molecular flexibility index (Phi) is 2.27. The molecular formula is C12H12N2O2S2. The summed E-state index contributed by atoms with van der Waals surface area (Å²) in [6.45, 7) is 0. The number of rotatable bonds is 1. The van der Waals surface area contributed by atoms with Gasteiger partial charge in [0.05, 0.1) is 23.6 Å². The van der Waals surface area contributed by atoms with Crippen LogP contribution in [0.4, 0.5) is 0 Å². The SMILES string of the molecule is O=c1c2ccsc2[nH]c(=S)n1C1CC2CCC1O2. The fourth-order valence-electron chi connectivity index (χ4n) is 3.14. The predicted octanol–water partition coefficient (Wildman–Crippen LogP) is 2.61. The molecule has 0 radical (unpaired) electrons. The van der Waals surface area contributed by atoms with Gasteiger partial charge in [-0.2, -0.15) is 0 Å². The summed E-state index contributed by atoms with van der Waals surface area (Å²) in [5, 5.41) is 2.65. The van der Waals surface area contributed by atoms with Crippen LogP contribution in [-0.2, 0) is 4.74 Å². The van der Waals surface area contributed by atoms with Crippen LogP contribution in [0.15, 0.2) is 16.2 Å². The second-order valence-corrected chi connectivity index (χ2v) is 6.25. The van der Waals surface area contributed by atoms with Gasteiger partial charge >= 0.3 is 0 Å². The first-order valence-corrected chi connectivity index (χ1v) is 7.40. The summed E-state index contributed by atoms with van der Waals surface area (Å²) < 4.78 is 8.08. The second kappa shape index (κ2) is 3.76. The molecule has 2 bridgehead atoms. The molecule has 6 heteroatoms. The third-order valence-corrected chi connectivity index (χ3v) is 5.09. The summed E-state index contributed by atoms with van der Waals surface area (Å²) in [5.74, 6) is 0. The molecule has 18 heavy (non-hydrogen) atoms. The van der Waals surface area contributed by atoms with Gasteiger partial charge in [-0.25, -0.2) is 0 Å². The van der Waals surface area contributed by atoms with Gasteiger partial charge in [0.15, 0.2) is 4.77 Å². The van der Waals surface area contributed by atoms with Crippen molar-refractivity contribution >= 4 is 33.8 Å². The van der Waals surface area contributed by atoms with Gasteiger partial charge in [-0.15, -0.1) is 11.3 Å². The highest BCUT2D eigenvalue weighted by atomic mass is 32.1. The first-order valence-electron chi connectivity index (χ1n) is 6.11. The summed E-state index contributed by atoms with van der Waals surface area (Å²) in [6, 6.07) is 1.97. The van der Waals surface area contributed by atoms with E-state index in [0.29, 0.717) is 10.9 Å². The van der Waals surface area contributed by atoms with Crippen LogP contribution in [0, 0.1) is 4.77 Å². The monoisotopic (exact) mass is 280 g/mol. The highest BCUT2D eigenvalue weighted by Gasteiger charge is 2.42.